The molecule has 2 fully saturated rings. The minimum atomic E-state index is 0.00239. The number of nitrogens with zero attached hydrogens (tertiary/aromatic N) is 2. The highest BCUT2D eigenvalue weighted by Crippen LogP contribution is 2.35. The van der Waals surface area contributed by atoms with Crippen LogP contribution < -0.4 is 5.32 Å². The zero-order valence-corrected chi connectivity index (χ0v) is 19.5. The molecule has 5 nitrogen and oxygen atoms in total. The second-order valence-corrected chi connectivity index (χ2v) is 9.55. The van der Waals surface area contributed by atoms with Gasteiger partial charge in [-0.05, 0) is 74.6 Å². The van der Waals surface area contributed by atoms with Gasteiger partial charge >= 0.3 is 6.03 Å². The Morgan fingerprint density at radius 2 is 1.63 bits per heavy atom. The van der Waals surface area contributed by atoms with E-state index in [0.29, 0.717) is 22.4 Å². The van der Waals surface area contributed by atoms with E-state index in [0.717, 1.165) is 58.0 Å². The highest BCUT2D eigenvalue weighted by molar-refractivity contribution is 6.34. The number of carbonyl (C=O) groups excluding carboxylic acids is 2. The predicted molar refractivity (Wildman–Crippen MR) is 122 cm³/mol. The number of likely N-dealkylation sites (tertiary alicyclic amines) is 1. The van der Waals surface area contributed by atoms with Gasteiger partial charge in [0.2, 0.25) is 5.91 Å². The maximum Gasteiger partial charge on any atom is 0.317 e. The van der Waals surface area contributed by atoms with E-state index in [1.54, 1.807) is 6.07 Å². The standard InChI is InChI=1S/C23H33Cl2N3O2/c1-3-4-22(29)28-11-9-21(10-12-28)27(2)23(30)26-20-7-5-16(6-8-20)17-13-18(24)15-19(25)14-17/h13-16,20-21H,3-12H2,1-2H3,(H,26,30)/t16-,20-. The van der Waals surface area contributed by atoms with E-state index in [1.165, 1.54) is 5.56 Å². The highest BCUT2D eigenvalue weighted by atomic mass is 35.5. The molecule has 0 radical (unpaired) electrons. The first-order valence-corrected chi connectivity index (χ1v) is 11.9. The fourth-order valence-corrected chi connectivity index (χ4v) is 5.24. The summed E-state index contributed by atoms with van der Waals surface area (Å²) in [6.07, 6.45) is 7.14. The second-order valence-electron chi connectivity index (χ2n) is 8.67. The van der Waals surface area contributed by atoms with Crippen LogP contribution in [-0.2, 0) is 4.79 Å². The van der Waals surface area contributed by atoms with Crippen LogP contribution in [0.15, 0.2) is 18.2 Å². The number of carbonyl (C=O) groups is 2. The summed E-state index contributed by atoms with van der Waals surface area (Å²) in [6.45, 7) is 3.52. The van der Waals surface area contributed by atoms with E-state index in [2.05, 4.69) is 5.32 Å². The molecule has 3 rings (SSSR count). The molecular formula is C23H33Cl2N3O2. The number of hydrogen-bond acceptors (Lipinski definition) is 2. The Kier molecular flexibility index (Phi) is 8.29. The van der Waals surface area contributed by atoms with Crippen molar-refractivity contribution in [3.63, 3.8) is 0 Å². The first kappa shape index (κ1) is 23.2. The van der Waals surface area contributed by atoms with Crippen molar-refractivity contribution >= 4 is 35.1 Å². The normalized spacial score (nSPS) is 22.6. The molecule has 3 amide bonds. The molecule has 2 aliphatic rings. The zero-order chi connectivity index (χ0) is 21.7. The second kappa shape index (κ2) is 10.7. The molecule has 1 saturated heterocycles. The van der Waals surface area contributed by atoms with Crippen molar-refractivity contribution in [3.8, 4) is 0 Å². The minimum absolute atomic E-state index is 0.00239. The van der Waals surface area contributed by atoms with E-state index in [-0.39, 0.29) is 24.0 Å². The molecule has 0 spiro atoms. The monoisotopic (exact) mass is 453 g/mol. The van der Waals surface area contributed by atoms with Crippen molar-refractivity contribution in [1.29, 1.82) is 0 Å². The van der Waals surface area contributed by atoms with Crippen LogP contribution in [0.2, 0.25) is 10.0 Å². The van der Waals surface area contributed by atoms with Crippen LogP contribution in [0.1, 0.15) is 69.8 Å². The topological polar surface area (TPSA) is 52.7 Å². The van der Waals surface area contributed by atoms with Crippen LogP contribution in [0.25, 0.3) is 0 Å². The van der Waals surface area contributed by atoms with E-state index >= 15 is 0 Å². The van der Waals surface area contributed by atoms with Crippen molar-refractivity contribution in [1.82, 2.24) is 15.1 Å². The largest absolute Gasteiger partial charge is 0.343 e. The summed E-state index contributed by atoms with van der Waals surface area (Å²) in [6, 6.07) is 6.17. The van der Waals surface area contributed by atoms with Gasteiger partial charge in [0.25, 0.3) is 0 Å². The van der Waals surface area contributed by atoms with Gasteiger partial charge in [0.1, 0.15) is 0 Å². The van der Waals surface area contributed by atoms with Crippen molar-refractivity contribution in [2.24, 2.45) is 0 Å². The maximum atomic E-state index is 12.8. The van der Waals surface area contributed by atoms with Crippen LogP contribution in [0.3, 0.4) is 0 Å². The van der Waals surface area contributed by atoms with Crippen molar-refractivity contribution in [3.05, 3.63) is 33.8 Å². The molecule has 1 N–H and O–H groups in total. The number of rotatable bonds is 5. The van der Waals surface area contributed by atoms with Gasteiger partial charge < -0.3 is 15.1 Å². The van der Waals surface area contributed by atoms with Crippen LogP contribution in [0.4, 0.5) is 4.79 Å². The van der Waals surface area contributed by atoms with Crippen LogP contribution in [0.5, 0.6) is 0 Å². The Bertz CT molecular complexity index is 722. The molecule has 0 aromatic heterocycles. The summed E-state index contributed by atoms with van der Waals surface area (Å²) in [5.74, 6) is 0.679. The third-order valence-electron chi connectivity index (χ3n) is 6.56. The zero-order valence-electron chi connectivity index (χ0n) is 18.0. The molecule has 166 valence electrons. The average Bonchev–Trinajstić information content (AvgIpc) is 2.73. The Morgan fingerprint density at radius 3 is 2.20 bits per heavy atom. The van der Waals surface area contributed by atoms with Gasteiger partial charge in [-0.25, -0.2) is 4.79 Å². The number of benzene rings is 1. The van der Waals surface area contributed by atoms with Crippen LogP contribution in [-0.4, -0.2) is 54.0 Å². The predicted octanol–water partition coefficient (Wildman–Crippen LogP) is 5.45. The number of piperidine rings is 1. The third-order valence-corrected chi connectivity index (χ3v) is 7.00. The molecule has 7 heteroatoms. The van der Waals surface area contributed by atoms with E-state index < -0.39 is 0 Å². The molecule has 1 saturated carbocycles. The summed E-state index contributed by atoms with van der Waals surface area (Å²) in [5.41, 5.74) is 1.19. The first-order chi connectivity index (χ1) is 14.4. The maximum absolute atomic E-state index is 12.8. The lowest BCUT2D eigenvalue weighted by molar-refractivity contribution is -0.132. The Morgan fingerprint density at radius 1 is 1.03 bits per heavy atom. The van der Waals surface area contributed by atoms with Crippen molar-refractivity contribution in [2.45, 2.75) is 76.3 Å². The summed E-state index contributed by atoms with van der Waals surface area (Å²) >= 11 is 12.3. The van der Waals surface area contributed by atoms with E-state index in [1.807, 2.05) is 35.9 Å². The average molecular weight is 454 g/mol. The number of hydrogen-bond donors (Lipinski definition) is 1. The van der Waals surface area contributed by atoms with E-state index in [4.69, 9.17) is 23.2 Å². The van der Waals surface area contributed by atoms with Crippen molar-refractivity contribution in [2.75, 3.05) is 20.1 Å². The van der Waals surface area contributed by atoms with E-state index in [9.17, 15) is 9.59 Å². The lowest BCUT2D eigenvalue weighted by atomic mass is 9.82. The van der Waals surface area contributed by atoms with Gasteiger partial charge in [-0.1, -0.05) is 30.1 Å². The van der Waals surface area contributed by atoms with Gasteiger partial charge in [0, 0.05) is 48.7 Å². The van der Waals surface area contributed by atoms with Crippen LogP contribution in [0, 0.1) is 0 Å². The number of amides is 3. The van der Waals surface area contributed by atoms with Gasteiger partial charge in [0.05, 0.1) is 0 Å². The third kappa shape index (κ3) is 6.04. The Labute approximate surface area is 190 Å². The SMILES string of the molecule is CCCC(=O)N1CCC(N(C)C(=O)N[C@H]2CC[C@H](c3cc(Cl)cc(Cl)c3)CC2)CC1. The lowest BCUT2D eigenvalue weighted by Crippen LogP contribution is -2.52. The van der Waals surface area contributed by atoms with Crippen LogP contribution >= 0.6 is 23.2 Å². The molecular weight excluding hydrogens is 421 g/mol. The molecule has 0 bridgehead atoms. The molecule has 1 aromatic rings. The fourth-order valence-electron chi connectivity index (χ4n) is 4.70. The quantitative estimate of drug-likeness (QED) is 0.643. The number of nitrogens with one attached hydrogen (secondary N) is 1. The van der Waals surface area contributed by atoms with Crippen molar-refractivity contribution < 1.29 is 9.59 Å². The Balaban J connectivity index is 1.44. The molecule has 30 heavy (non-hydrogen) atoms. The molecule has 1 aliphatic heterocycles. The summed E-state index contributed by atoms with van der Waals surface area (Å²) < 4.78 is 0. The molecule has 0 atom stereocenters. The van der Waals surface area contributed by atoms with Gasteiger partial charge in [0.15, 0.2) is 0 Å². The lowest BCUT2D eigenvalue weighted by Gasteiger charge is -2.38. The fraction of sp³-hybridized carbons (Fsp3) is 0.652. The molecule has 0 unspecified atom stereocenters. The molecule has 1 heterocycles. The Hall–Kier alpha value is -1.46. The molecule has 1 aromatic carbocycles. The highest BCUT2D eigenvalue weighted by Gasteiger charge is 2.29. The summed E-state index contributed by atoms with van der Waals surface area (Å²) in [4.78, 5) is 28.6. The van der Waals surface area contributed by atoms with Gasteiger partial charge in [-0.15, -0.1) is 0 Å². The minimum Gasteiger partial charge on any atom is -0.343 e. The molecule has 1 aliphatic carbocycles. The van der Waals surface area contributed by atoms with Gasteiger partial charge in [-0.2, -0.15) is 0 Å². The number of halogens is 2. The summed E-state index contributed by atoms with van der Waals surface area (Å²) in [7, 11) is 1.88. The van der Waals surface area contributed by atoms with Gasteiger partial charge in [-0.3, -0.25) is 4.79 Å². The smallest absolute Gasteiger partial charge is 0.317 e. The summed E-state index contributed by atoms with van der Waals surface area (Å²) in [5, 5.41) is 4.57. The first-order valence-electron chi connectivity index (χ1n) is 11.1. The number of urea groups is 1.